The molecule has 0 N–H and O–H groups in total. The average molecular weight is 221 g/mol. The molecule has 0 saturated carbocycles. The van der Waals surface area contributed by atoms with E-state index in [1.54, 1.807) is 7.11 Å². The topological polar surface area (TPSA) is 12.5 Å². The molecule has 1 heterocycles. The van der Waals surface area contributed by atoms with Crippen LogP contribution in [-0.2, 0) is 4.74 Å². The highest BCUT2D eigenvalue weighted by atomic mass is 16.5. The van der Waals surface area contributed by atoms with Crippen LogP contribution in [-0.4, -0.2) is 27.3 Å². The molecule has 2 nitrogen and oxygen atoms in total. The summed E-state index contributed by atoms with van der Waals surface area (Å²) in [5.74, 6) is 0.649. The molecule has 1 aliphatic rings. The summed E-state index contributed by atoms with van der Waals surface area (Å²) in [6.07, 6.45) is 1.12. The largest absolute Gasteiger partial charge is 0.385 e. The molecule has 0 spiro atoms. The molecule has 0 radical (unpaired) electrons. The smallest absolute Gasteiger partial charge is 0.0468 e. The third kappa shape index (κ3) is 2.76. The number of hydrogen-bond donors (Lipinski definition) is 0. The highest BCUT2D eigenvalue weighted by Crippen LogP contribution is 2.36. The predicted molar refractivity (Wildman–Crippen MR) is 70.3 cm³/mol. The maximum absolute atomic E-state index is 5.14. The first kappa shape index (κ1) is 13.0. The fraction of sp³-hybridized carbons (Fsp3) is 0.571. The minimum Gasteiger partial charge on any atom is -0.385 e. The van der Waals surface area contributed by atoms with Gasteiger partial charge in [0.2, 0.25) is 0 Å². The van der Waals surface area contributed by atoms with Crippen LogP contribution in [0.15, 0.2) is 24.3 Å². The first-order valence-electron chi connectivity index (χ1n) is 6.12. The van der Waals surface area contributed by atoms with Crippen LogP contribution in [0.25, 0.3) is 0 Å². The molecule has 0 amide bonds. The van der Waals surface area contributed by atoms with Gasteiger partial charge in [-0.3, -0.25) is 0 Å². The number of para-hydroxylation sites is 1. The molecule has 2 rings (SSSR count). The third-order valence-electron chi connectivity index (χ3n) is 2.95. The number of rotatable bonds is 3. The molecule has 1 aromatic rings. The summed E-state index contributed by atoms with van der Waals surface area (Å²) in [5, 5.41) is 0. The Hall–Kier alpha value is -1.02. The SMILES string of the molecule is CC.COCCC1CN(C)c2ccccc21. The van der Waals surface area contributed by atoms with Gasteiger partial charge in [-0.25, -0.2) is 0 Å². The number of anilines is 1. The molecule has 2 heteroatoms. The Morgan fingerprint density at radius 2 is 2.00 bits per heavy atom. The van der Waals surface area contributed by atoms with Crippen molar-refractivity contribution < 1.29 is 4.74 Å². The zero-order valence-corrected chi connectivity index (χ0v) is 10.9. The Balaban J connectivity index is 0.000000606. The van der Waals surface area contributed by atoms with Crippen LogP contribution < -0.4 is 4.90 Å². The van der Waals surface area contributed by atoms with Crippen molar-refractivity contribution in [3.63, 3.8) is 0 Å². The molecule has 1 aliphatic heterocycles. The zero-order chi connectivity index (χ0) is 12.0. The van der Waals surface area contributed by atoms with E-state index in [0.29, 0.717) is 5.92 Å². The number of hydrogen-bond acceptors (Lipinski definition) is 2. The summed E-state index contributed by atoms with van der Waals surface area (Å²) in [5.41, 5.74) is 2.86. The molecule has 0 fully saturated rings. The lowest BCUT2D eigenvalue weighted by molar-refractivity contribution is 0.189. The van der Waals surface area contributed by atoms with E-state index in [4.69, 9.17) is 4.74 Å². The van der Waals surface area contributed by atoms with Gasteiger partial charge in [0, 0.05) is 38.9 Å². The fourth-order valence-electron chi connectivity index (χ4n) is 2.21. The van der Waals surface area contributed by atoms with Gasteiger partial charge in [0.15, 0.2) is 0 Å². The van der Waals surface area contributed by atoms with Gasteiger partial charge in [-0.15, -0.1) is 0 Å². The maximum atomic E-state index is 5.14. The first-order valence-corrected chi connectivity index (χ1v) is 6.12. The number of fused-ring (bicyclic) bond motifs is 1. The Kier molecular flexibility index (Phi) is 5.33. The van der Waals surface area contributed by atoms with Crippen molar-refractivity contribution in [1.82, 2.24) is 0 Å². The quantitative estimate of drug-likeness (QED) is 0.776. The van der Waals surface area contributed by atoms with Crippen molar-refractivity contribution in [2.75, 3.05) is 32.2 Å². The molecule has 90 valence electrons. The van der Waals surface area contributed by atoms with Gasteiger partial charge in [-0.05, 0) is 18.1 Å². The highest BCUT2D eigenvalue weighted by Gasteiger charge is 2.24. The second-order valence-corrected chi connectivity index (χ2v) is 3.92. The molecule has 0 bridgehead atoms. The molecule has 1 unspecified atom stereocenters. The summed E-state index contributed by atoms with van der Waals surface area (Å²) in [6, 6.07) is 8.66. The van der Waals surface area contributed by atoms with Crippen molar-refractivity contribution in [2.45, 2.75) is 26.2 Å². The van der Waals surface area contributed by atoms with Crippen LogP contribution in [0.2, 0.25) is 0 Å². The Morgan fingerprint density at radius 1 is 1.31 bits per heavy atom. The van der Waals surface area contributed by atoms with Crippen LogP contribution in [0.5, 0.6) is 0 Å². The molecule has 0 saturated heterocycles. The van der Waals surface area contributed by atoms with Gasteiger partial charge in [0.05, 0.1) is 0 Å². The van der Waals surface area contributed by atoms with E-state index in [9.17, 15) is 0 Å². The molecule has 16 heavy (non-hydrogen) atoms. The van der Waals surface area contributed by atoms with Gasteiger partial charge in [0.25, 0.3) is 0 Å². The number of nitrogens with zero attached hydrogens (tertiary/aromatic N) is 1. The van der Waals surface area contributed by atoms with Gasteiger partial charge >= 0.3 is 0 Å². The lowest BCUT2D eigenvalue weighted by Gasteiger charge is -2.12. The Labute approximate surface area is 99.2 Å². The van der Waals surface area contributed by atoms with Crippen molar-refractivity contribution in [2.24, 2.45) is 0 Å². The summed E-state index contributed by atoms with van der Waals surface area (Å²) in [6.45, 7) is 5.98. The minimum absolute atomic E-state index is 0.649. The van der Waals surface area contributed by atoms with E-state index in [2.05, 4.69) is 36.2 Å². The molecular weight excluding hydrogens is 198 g/mol. The summed E-state index contributed by atoms with van der Waals surface area (Å²) < 4.78 is 5.14. The lowest BCUT2D eigenvalue weighted by Crippen LogP contribution is -2.15. The van der Waals surface area contributed by atoms with E-state index < -0.39 is 0 Å². The monoisotopic (exact) mass is 221 g/mol. The lowest BCUT2D eigenvalue weighted by atomic mass is 9.98. The third-order valence-corrected chi connectivity index (χ3v) is 2.95. The highest BCUT2D eigenvalue weighted by molar-refractivity contribution is 5.59. The standard InChI is InChI=1S/C12H17NO.C2H6/c1-13-9-10(7-8-14-2)11-5-3-4-6-12(11)13;1-2/h3-6,10H,7-9H2,1-2H3;1-2H3. The Morgan fingerprint density at radius 3 is 2.69 bits per heavy atom. The minimum atomic E-state index is 0.649. The van der Waals surface area contributed by atoms with E-state index >= 15 is 0 Å². The second-order valence-electron chi connectivity index (χ2n) is 3.92. The number of methoxy groups -OCH3 is 1. The van der Waals surface area contributed by atoms with Crippen molar-refractivity contribution in [3.8, 4) is 0 Å². The van der Waals surface area contributed by atoms with Crippen LogP contribution >= 0.6 is 0 Å². The van der Waals surface area contributed by atoms with Gasteiger partial charge in [-0.2, -0.15) is 0 Å². The Bertz CT molecular complexity index is 311. The fourth-order valence-corrected chi connectivity index (χ4v) is 2.21. The number of ether oxygens (including phenoxy) is 1. The van der Waals surface area contributed by atoms with Gasteiger partial charge < -0.3 is 9.64 Å². The van der Waals surface area contributed by atoms with Gasteiger partial charge in [-0.1, -0.05) is 32.0 Å². The normalized spacial score (nSPS) is 17.8. The molecule has 1 aromatic carbocycles. The van der Waals surface area contributed by atoms with E-state index in [1.807, 2.05) is 13.8 Å². The molecular formula is C14H23NO. The first-order chi connectivity index (χ1) is 7.83. The average Bonchev–Trinajstić information content (AvgIpc) is 2.67. The van der Waals surface area contributed by atoms with Crippen LogP contribution in [0.1, 0.15) is 31.7 Å². The zero-order valence-electron chi connectivity index (χ0n) is 10.9. The second kappa shape index (κ2) is 6.54. The number of likely N-dealkylation sites (N-methyl/N-ethyl adjacent to an activating group) is 1. The van der Waals surface area contributed by atoms with Gasteiger partial charge in [0.1, 0.15) is 0 Å². The number of benzene rings is 1. The molecule has 0 aromatic heterocycles. The molecule has 0 aliphatic carbocycles. The maximum Gasteiger partial charge on any atom is 0.0468 e. The van der Waals surface area contributed by atoms with Crippen molar-refractivity contribution >= 4 is 5.69 Å². The van der Waals surface area contributed by atoms with Crippen molar-refractivity contribution in [3.05, 3.63) is 29.8 Å². The van der Waals surface area contributed by atoms with E-state index in [-0.39, 0.29) is 0 Å². The van der Waals surface area contributed by atoms with E-state index in [0.717, 1.165) is 19.6 Å². The summed E-state index contributed by atoms with van der Waals surface area (Å²) in [4.78, 5) is 2.33. The summed E-state index contributed by atoms with van der Waals surface area (Å²) >= 11 is 0. The van der Waals surface area contributed by atoms with Crippen molar-refractivity contribution in [1.29, 1.82) is 0 Å². The van der Waals surface area contributed by atoms with E-state index in [1.165, 1.54) is 11.3 Å². The molecule has 1 atom stereocenters. The van der Waals surface area contributed by atoms with Crippen LogP contribution in [0.3, 0.4) is 0 Å². The predicted octanol–water partition coefficient (Wildman–Crippen LogP) is 3.28. The van der Waals surface area contributed by atoms with Crippen LogP contribution in [0.4, 0.5) is 5.69 Å². The summed E-state index contributed by atoms with van der Waals surface area (Å²) in [7, 11) is 3.93. The van der Waals surface area contributed by atoms with Crippen LogP contribution in [0, 0.1) is 0 Å².